The van der Waals surface area contributed by atoms with Crippen molar-refractivity contribution >= 4 is 5.97 Å². The lowest BCUT2D eigenvalue weighted by Gasteiger charge is -2.30. The number of fused-ring (bicyclic) bond motifs is 1. The van der Waals surface area contributed by atoms with Gasteiger partial charge in [-0.05, 0) is 36.9 Å². The highest BCUT2D eigenvalue weighted by atomic mass is 16.5. The van der Waals surface area contributed by atoms with Crippen LogP contribution in [-0.4, -0.2) is 49.3 Å². The first-order chi connectivity index (χ1) is 11.2. The first-order valence-electron chi connectivity index (χ1n) is 8.09. The Morgan fingerprint density at radius 2 is 2.26 bits per heavy atom. The summed E-state index contributed by atoms with van der Waals surface area (Å²) in [5.74, 6) is 1.23. The molecule has 0 aromatic heterocycles. The molecule has 0 saturated heterocycles. The Labute approximate surface area is 136 Å². The van der Waals surface area contributed by atoms with Gasteiger partial charge >= 0.3 is 5.97 Å². The Morgan fingerprint density at radius 3 is 3.09 bits per heavy atom. The third-order valence-electron chi connectivity index (χ3n) is 4.64. The van der Waals surface area contributed by atoms with Crippen LogP contribution < -0.4 is 4.74 Å². The van der Waals surface area contributed by atoms with Crippen molar-refractivity contribution in [3.05, 3.63) is 41.2 Å². The smallest absolute Gasteiger partial charge is 0.338 e. The van der Waals surface area contributed by atoms with E-state index < -0.39 is 5.97 Å². The minimum atomic E-state index is -0.429. The summed E-state index contributed by atoms with van der Waals surface area (Å²) in [6.07, 6.45) is 2.56. The quantitative estimate of drug-likeness (QED) is 0.864. The van der Waals surface area contributed by atoms with Crippen molar-refractivity contribution in [3.8, 4) is 5.75 Å². The van der Waals surface area contributed by atoms with Gasteiger partial charge in [-0.25, -0.2) is 4.79 Å². The van der Waals surface area contributed by atoms with Crippen LogP contribution in [0.25, 0.3) is 0 Å². The maximum absolute atomic E-state index is 11.7. The van der Waals surface area contributed by atoms with E-state index in [0.29, 0.717) is 24.5 Å². The molecule has 0 radical (unpaired) electrons. The highest BCUT2D eigenvalue weighted by Gasteiger charge is 2.26. The lowest BCUT2D eigenvalue weighted by molar-refractivity contribution is -0.136. The lowest BCUT2D eigenvalue weighted by Crippen LogP contribution is -2.36. The van der Waals surface area contributed by atoms with Gasteiger partial charge in [0.05, 0.1) is 19.3 Å². The maximum Gasteiger partial charge on any atom is 0.338 e. The van der Waals surface area contributed by atoms with Crippen LogP contribution >= 0.6 is 0 Å². The van der Waals surface area contributed by atoms with E-state index in [-0.39, 0.29) is 5.76 Å². The van der Waals surface area contributed by atoms with Gasteiger partial charge in [0.25, 0.3) is 0 Å². The molecule has 1 unspecified atom stereocenters. The molecule has 124 valence electrons. The number of aliphatic hydroxyl groups is 1. The van der Waals surface area contributed by atoms with E-state index >= 15 is 0 Å². The van der Waals surface area contributed by atoms with Crippen LogP contribution in [-0.2, 0) is 16.0 Å². The number of para-hydroxylation sites is 1. The molecule has 1 atom stereocenters. The number of carbonyl (C=O) groups is 1. The van der Waals surface area contributed by atoms with Crippen molar-refractivity contribution in [2.45, 2.75) is 19.3 Å². The van der Waals surface area contributed by atoms with Gasteiger partial charge in [-0.2, -0.15) is 0 Å². The van der Waals surface area contributed by atoms with Gasteiger partial charge in [-0.15, -0.1) is 0 Å². The van der Waals surface area contributed by atoms with Gasteiger partial charge in [-0.1, -0.05) is 18.2 Å². The fraction of sp³-hybridized carbons (Fsp3) is 0.500. The summed E-state index contributed by atoms with van der Waals surface area (Å²) in [6, 6.07) is 8.19. The molecule has 0 fully saturated rings. The molecule has 1 aromatic rings. The van der Waals surface area contributed by atoms with Crippen LogP contribution in [0.5, 0.6) is 5.75 Å². The molecule has 5 nitrogen and oxygen atoms in total. The van der Waals surface area contributed by atoms with E-state index in [4.69, 9.17) is 9.47 Å². The standard InChI is InChI=1S/C18H23NO4/c1-22-18(21)15-11-19(9-7-16(15)20)8-6-13-10-14-4-2-3-5-17(14)23-12-13/h2-5,13,20H,6-12H2,1H3. The van der Waals surface area contributed by atoms with Crippen LogP contribution in [0.2, 0.25) is 0 Å². The van der Waals surface area contributed by atoms with Gasteiger partial charge in [0.15, 0.2) is 0 Å². The number of nitrogens with zero attached hydrogens (tertiary/aromatic N) is 1. The van der Waals surface area contributed by atoms with Gasteiger partial charge < -0.3 is 14.6 Å². The molecule has 1 aromatic carbocycles. The molecule has 2 heterocycles. The van der Waals surface area contributed by atoms with Crippen LogP contribution in [0.3, 0.4) is 0 Å². The van der Waals surface area contributed by atoms with Crippen LogP contribution in [0, 0.1) is 5.92 Å². The van der Waals surface area contributed by atoms with E-state index in [2.05, 4.69) is 11.0 Å². The average molecular weight is 317 g/mol. The molecule has 0 amide bonds. The minimum absolute atomic E-state index is 0.169. The Kier molecular flexibility index (Phi) is 4.86. The molecular formula is C18H23NO4. The fourth-order valence-corrected chi connectivity index (χ4v) is 3.25. The molecule has 0 spiro atoms. The molecule has 1 N–H and O–H groups in total. The van der Waals surface area contributed by atoms with Crippen LogP contribution in [0.1, 0.15) is 18.4 Å². The molecule has 0 aliphatic carbocycles. The topological polar surface area (TPSA) is 59.0 Å². The number of rotatable bonds is 4. The minimum Gasteiger partial charge on any atom is -0.512 e. The van der Waals surface area contributed by atoms with E-state index in [1.54, 1.807) is 0 Å². The Morgan fingerprint density at radius 1 is 1.43 bits per heavy atom. The van der Waals surface area contributed by atoms with Crippen molar-refractivity contribution in [2.24, 2.45) is 5.92 Å². The monoisotopic (exact) mass is 317 g/mol. The third-order valence-corrected chi connectivity index (χ3v) is 4.64. The summed E-state index contributed by atoms with van der Waals surface area (Å²) < 4.78 is 10.6. The molecule has 2 aliphatic heterocycles. The fourth-order valence-electron chi connectivity index (χ4n) is 3.25. The Hall–Kier alpha value is -2.01. The van der Waals surface area contributed by atoms with Crippen molar-refractivity contribution in [1.82, 2.24) is 4.90 Å². The summed E-state index contributed by atoms with van der Waals surface area (Å²) in [7, 11) is 1.35. The van der Waals surface area contributed by atoms with Crippen molar-refractivity contribution < 1.29 is 19.4 Å². The zero-order valence-corrected chi connectivity index (χ0v) is 13.5. The number of carbonyl (C=O) groups excluding carboxylic acids is 1. The number of ether oxygens (including phenoxy) is 2. The highest BCUT2D eigenvalue weighted by molar-refractivity contribution is 5.89. The van der Waals surface area contributed by atoms with Gasteiger partial charge in [0.2, 0.25) is 0 Å². The first kappa shape index (κ1) is 15.9. The lowest BCUT2D eigenvalue weighted by atomic mass is 9.93. The second-order valence-electron chi connectivity index (χ2n) is 6.22. The van der Waals surface area contributed by atoms with Crippen LogP contribution in [0.15, 0.2) is 35.6 Å². The molecule has 3 rings (SSSR count). The van der Waals surface area contributed by atoms with Gasteiger partial charge in [0, 0.05) is 19.5 Å². The summed E-state index contributed by atoms with van der Waals surface area (Å²) in [4.78, 5) is 13.9. The second kappa shape index (κ2) is 7.04. The number of hydrogen-bond donors (Lipinski definition) is 1. The zero-order valence-electron chi connectivity index (χ0n) is 13.5. The van der Waals surface area contributed by atoms with Crippen molar-refractivity contribution in [2.75, 3.05) is 33.4 Å². The molecule has 2 aliphatic rings. The molecular weight excluding hydrogens is 294 g/mol. The Balaban J connectivity index is 1.53. The molecule has 0 saturated carbocycles. The van der Waals surface area contributed by atoms with Crippen molar-refractivity contribution in [1.29, 1.82) is 0 Å². The normalized spacial score (nSPS) is 21.5. The molecule has 5 heteroatoms. The zero-order chi connectivity index (χ0) is 16.2. The summed E-state index contributed by atoms with van der Waals surface area (Å²) in [5, 5.41) is 9.85. The Bertz CT molecular complexity index is 611. The molecule has 0 bridgehead atoms. The highest BCUT2D eigenvalue weighted by Crippen LogP contribution is 2.28. The summed E-state index contributed by atoms with van der Waals surface area (Å²) in [6.45, 7) is 2.87. The van der Waals surface area contributed by atoms with Crippen LogP contribution in [0.4, 0.5) is 0 Å². The molecule has 23 heavy (non-hydrogen) atoms. The van der Waals surface area contributed by atoms with Gasteiger partial charge in [-0.3, -0.25) is 4.90 Å². The van der Waals surface area contributed by atoms with E-state index in [1.165, 1.54) is 12.7 Å². The number of aliphatic hydroxyl groups excluding tert-OH is 1. The SMILES string of the molecule is COC(=O)C1=C(O)CCN(CCC2COc3ccccc3C2)C1. The number of hydrogen-bond acceptors (Lipinski definition) is 5. The number of methoxy groups -OCH3 is 1. The van der Waals surface area contributed by atoms with E-state index in [1.807, 2.05) is 18.2 Å². The number of benzene rings is 1. The number of esters is 1. The average Bonchev–Trinajstić information content (AvgIpc) is 2.60. The predicted octanol–water partition coefficient (Wildman–Crippen LogP) is 2.32. The van der Waals surface area contributed by atoms with E-state index in [0.717, 1.165) is 38.3 Å². The second-order valence-corrected chi connectivity index (χ2v) is 6.22. The van der Waals surface area contributed by atoms with Crippen molar-refractivity contribution in [3.63, 3.8) is 0 Å². The third kappa shape index (κ3) is 3.67. The summed E-state index contributed by atoms with van der Waals surface area (Å²) >= 11 is 0. The first-order valence-corrected chi connectivity index (χ1v) is 8.09. The van der Waals surface area contributed by atoms with E-state index in [9.17, 15) is 9.90 Å². The summed E-state index contributed by atoms with van der Waals surface area (Å²) in [5.41, 5.74) is 1.67. The maximum atomic E-state index is 11.7. The largest absolute Gasteiger partial charge is 0.512 e. The van der Waals surface area contributed by atoms with Gasteiger partial charge in [0.1, 0.15) is 11.5 Å². The predicted molar refractivity (Wildman–Crippen MR) is 86.5 cm³/mol.